The molecular formula is C27H33FN2O4. The molecule has 0 radical (unpaired) electrons. The Morgan fingerprint density at radius 1 is 1.35 bits per heavy atom. The summed E-state index contributed by atoms with van der Waals surface area (Å²) in [6.45, 7) is 9.33. The number of halogens is 1. The molecular weight excluding hydrogens is 435 g/mol. The van der Waals surface area contributed by atoms with Crippen LogP contribution in [-0.2, 0) is 34.8 Å². The number of ether oxygens (including phenoxy) is 1. The van der Waals surface area contributed by atoms with Crippen LogP contribution in [0.4, 0.5) is 4.39 Å². The van der Waals surface area contributed by atoms with Crippen molar-refractivity contribution in [3.8, 4) is 0 Å². The highest BCUT2D eigenvalue weighted by molar-refractivity contribution is 6.12. The van der Waals surface area contributed by atoms with Crippen molar-refractivity contribution in [3.63, 3.8) is 0 Å². The lowest BCUT2D eigenvalue weighted by molar-refractivity contribution is -0.177. The number of fused-ring (bicyclic) bond motifs is 2. The van der Waals surface area contributed by atoms with Crippen LogP contribution in [0.5, 0.6) is 0 Å². The second kappa shape index (κ2) is 9.10. The molecule has 0 aromatic carbocycles. The highest BCUT2D eigenvalue weighted by Gasteiger charge is 2.48. The maximum absolute atomic E-state index is 14.1. The average Bonchev–Trinajstić information content (AvgIpc) is 2.84. The molecule has 2 aliphatic heterocycles. The van der Waals surface area contributed by atoms with Gasteiger partial charge in [-0.2, -0.15) is 0 Å². The second-order valence-electron chi connectivity index (χ2n) is 9.84. The first-order chi connectivity index (χ1) is 16.1. The van der Waals surface area contributed by atoms with Crippen molar-refractivity contribution in [1.29, 1.82) is 0 Å². The summed E-state index contributed by atoms with van der Waals surface area (Å²) in [5.41, 5.74) is 2.91. The van der Waals surface area contributed by atoms with Crippen molar-refractivity contribution < 1.29 is 19.0 Å². The first kappa shape index (κ1) is 24.3. The number of nitrogens with zero attached hydrogens (tertiary/aromatic N) is 2. The minimum atomic E-state index is -1.90. The van der Waals surface area contributed by atoms with E-state index in [1.807, 2.05) is 6.92 Å². The van der Waals surface area contributed by atoms with Crippen LogP contribution in [0.1, 0.15) is 70.7 Å². The van der Waals surface area contributed by atoms with E-state index in [4.69, 9.17) is 9.73 Å². The number of esters is 1. The van der Waals surface area contributed by atoms with Crippen LogP contribution >= 0.6 is 0 Å². The van der Waals surface area contributed by atoms with E-state index in [0.717, 1.165) is 30.4 Å². The van der Waals surface area contributed by atoms with Gasteiger partial charge in [0.15, 0.2) is 5.60 Å². The molecule has 3 aliphatic rings. The summed E-state index contributed by atoms with van der Waals surface area (Å²) in [6, 6.07) is 1.72. The Labute approximate surface area is 199 Å². The Morgan fingerprint density at radius 3 is 2.74 bits per heavy atom. The Balaban J connectivity index is 1.97. The topological polar surface area (TPSA) is 80.9 Å². The van der Waals surface area contributed by atoms with Gasteiger partial charge in [0.1, 0.15) is 6.61 Å². The fourth-order valence-corrected chi connectivity index (χ4v) is 5.43. The van der Waals surface area contributed by atoms with Gasteiger partial charge in [-0.3, -0.25) is 9.79 Å². The van der Waals surface area contributed by atoms with E-state index in [-0.39, 0.29) is 30.5 Å². The molecule has 6 nitrogen and oxygen atoms in total. The van der Waals surface area contributed by atoms with E-state index in [1.54, 1.807) is 24.5 Å². The minimum absolute atomic E-state index is 0.0199. The molecule has 2 atom stereocenters. The molecule has 0 saturated heterocycles. The molecule has 0 fully saturated rings. The number of carbonyl (C=O) groups is 1. The summed E-state index contributed by atoms with van der Waals surface area (Å²) in [5.74, 6) is -1.55. The third kappa shape index (κ3) is 3.90. The number of pyridine rings is 1. The summed E-state index contributed by atoms with van der Waals surface area (Å²) < 4.78 is 21.1. The number of hydrogen-bond acceptors (Lipinski definition) is 5. The number of aromatic nitrogens is 1. The molecule has 7 heteroatoms. The average molecular weight is 469 g/mol. The molecule has 4 rings (SSSR count). The smallest absolute Gasteiger partial charge is 0.343 e. The molecule has 1 aromatic heterocycles. The minimum Gasteiger partial charge on any atom is -0.458 e. The number of hydrogen-bond donors (Lipinski definition) is 1. The molecule has 182 valence electrons. The monoisotopic (exact) mass is 468 g/mol. The van der Waals surface area contributed by atoms with Gasteiger partial charge in [-0.05, 0) is 62.7 Å². The van der Waals surface area contributed by atoms with Gasteiger partial charge in [0.05, 0.1) is 23.6 Å². The first-order valence-electron chi connectivity index (χ1n) is 12.0. The van der Waals surface area contributed by atoms with Crippen molar-refractivity contribution in [2.24, 2.45) is 16.8 Å². The largest absolute Gasteiger partial charge is 0.458 e. The predicted octanol–water partition coefficient (Wildman–Crippen LogP) is 4.64. The quantitative estimate of drug-likeness (QED) is 0.641. The van der Waals surface area contributed by atoms with Gasteiger partial charge in [0.2, 0.25) is 0 Å². The van der Waals surface area contributed by atoms with Gasteiger partial charge in [0.25, 0.3) is 5.56 Å². The molecule has 0 spiro atoms. The number of allylic oxidation sites excluding steroid dienone is 6. The van der Waals surface area contributed by atoms with E-state index in [1.165, 1.54) is 18.6 Å². The van der Waals surface area contributed by atoms with E-state index in [2.05, 4.69) is 13.0 Å². The van der Waals surface area contributed by atoms with Crippen LogP contribution in [-0.4, -0.2) is 21.4 Å². The Morgan fingerprint density at radius 2 is 2.09 bits per heavy atom. The summed E-state index contributed by atoms with van der Waals surface area (Å²) in [5, 5.41) is 11.3. The van der Waals surface area contributed by atoms with Crippen molar-refractivity contribution in [2.75, 3.05) is 0 Å². The lowest BCUT2D eigenvalue weighted by atomic mass is 9.79. The molecule has 1 N–H and O–H groups in total. The third-order valence-corrected chi connectivity index (χ3v) is 7.33. The van der Waals surface area contributed by atoms with Gasteiger partial charge in [-0.15, -0.1) is 0 Å². The van der Waals surface area contributed by atoms with Gasteiger partial charge in [-0.1, -0.05) is 32.4 Å². The zero-order chi connectivity index (χ0) is 24.8. The molecule has 0 bridgehead atoms. The van der Waals surface area contributed by atoms with E-state index in [9.17, 15) is 19.1 Å². The second-order valence-corrected chi connectivity index (χ2v) is 9.84. The van der Waals surface area contributed by atoms with Crippen LogP contribution < -0.4 is 5.56 Å². The van der Waals surface area contributed by atoms with Crippen molar-refractivity contribution in [2.45, 2.75) is 79.2 Å². The van der Waals surface area contributed by atoms with E-state index >= 15 is 0 Å². The summed E-state index contributed by atoms with van der Waals surface area (Å²) in [6.07, 6.45) is 6.30. The van der Waals surface area contributed by atoms with Crippen molar-refractivity contribution >= 4 is 11.7 Å². The number of aliphatic imine (C=N–C) groups is 1. The highest BCUT2D eigenvalue weighted by Crippen LogP contribution is 2.39. The lowest BCUT2D eigenvalue weighted by Gasteiger charge is -2.36. The van der Waals surface area contributed by atoms with Crippen LogP contribution in [0.15, 0.2) is 50.6 Å². The van der Waals surface area contributed by atoms with Crippen molar-refractivity contribution in [1.82, 2.24) is 4.57 Å². The number of aliphatic hydroxyl groups is 1. The van der Waals surface area contributed by atoms with Gasteiger partial charge in [-0.25, -0.2) is 9.18 Å². The normalized spacial score (nSPS) is 26.8. The molecule has 34 heavy (non-hydrogen) atoms. The summed E-state index contributed by atoms with van der Waals surface area (Å²) in [4.78, 5) is 31.0. The lowest BCUT2D eigenvalue weighted by Crippen LogP contribution is -2.48. The summed E-state index contributed by atoms with van der Waals surface area (Å²) >= 11 is 0. The van der Waals surface area contributed by atoms with Crippen LogP contribution in [0.2, 0.25) is 0 Å². The highest BCUT2D eigenvalue weighted by atomic mass is 19.1. The molecule has 1 unspecified atom stereocenters. The molecule has 1 aliphatic carbocycles. The zero-order valence-corrected chi connectivity index (χ0v) is 20.6. The first-order valence-corrected chi connectivity index (χ1v) is 12.0. The van der Waals surface area contributed by atoms with Crippen LogP contribution in [0.25, 0.3) is 0 Å². The Hall–Kier alpha value is -2.80. The van der Waals surface area contributed by atoms with Crippen molar-refractivity contribution in [3.05, 3.63) is 67.9 Å². The van der Waals surface area contributed by atoms with Crippen LogP contribution in [0.3, 0.4) is 0 Å². The molecule has 0 saturated carbocycles. The van der Waals surface area contributed by atoms with Gasteiger partial charge in [0, 0.05) is 23.4 Å². The molecule has 0 amide bonds. The predicted molar refractivity (Wildman–Crippen MR) is 129 cm³/mol. The maximum atomic E-state index is 14.1. The van der Waals surface area contributed by atoms with E-state index in [0.29, 0.717) is 29.1 Å². The zero-order valence-electron chi connectivity index (χ0n) is 20.6. The fraction of sp³-hybridized carbons (Fsp3) is 0.519. The number of cyclic esters (lactones) is 1. The van der Waals surface area contributed by atoms with Gasteiger partial charge < -0.3 is 14.4 Å². The van der Waals surface area contributed by atoms with Gasteiger partial charge >= 0.3 is 5.97 Å². The molecule has 3 heterocycles. The third-order valence-electron chi connectivity index (χ3n) is 7.33. The maximum Gasteiger partial charge on any atom is 0.343 e. The fourth-order valence-electron chi connectivity index (χ4n) is 5.43. The molecule has 1 aromatic rings. The SMILES string of the molecule is C/C=C1\CCCC2=C1C(/C=C(\C)F)=NCc1cc3c(c(=O)n1CC2C)COC(=O)[C@]3(O)C(C)C. The van der Waals surface area contributed by atoms with Crippen LogP contribution in [0, 0.1) is 11.8 Å². The standard InChI is InChI=1S/C27H33FN2O4/c1-6-18-8-7-9-20-16(4)13-30-19(12-29-23(24(18)20)10-17(5)28)11-22-21(25(30)31)14-34-26(32)27(22,33)15(2)3/h6,10-11,15-16,33H,7-9,12-14H2,1-5H3/b17-10+,18-6+,29-23?/t16?,27-/m0/s1. The summed E-state index contributed by atoms with van der Waals surface area (Å²) in [7, 11) is 0. The number of carbonyl (C=O) groups excluding carboxylic acids is 1. The Bertz CT molecular complexity index is 1210. The number of rotatable bonds is 2. The van der Waals surface area contributed by atoms with E-state index < -0.39 is 17.5 Å². The Kier molecular flexibility index (Phi) is 6.51.